The molecule has 4 nitrogen and oxygen atoms in total. The first-order valence-electron chi connectivity index (χ1n) is 4.75. The number of aryl methyl sites for hydroxylation is 1. The maximum atomic E-state index is 11.9. The second-order valence-corrected chi connectivity index (χ2v) is 3.48. The van der Waals surface area contributed by atoms with Crippen LogP contribution in [0.2, 0.25) is 0 Å². The number of ether oxygens (including phenoxy) is 1. The summed E-state index contributed by atoms with van der Waals surface area (Å²) in [5.41, 5.74) is 0.669. The lowest BCUT2D eigenvalue weighted by molar-refractivity contribution is 0.415. The third kappa shape index (κ3) is 1.43. The molecule has 2 aromatic rings. The van der Waals surface area contributed by atoms with Gasteiger partial charge in [0.2, 0.25) is 5.43 Å². The van der Waals surface area contributed by atoms with Crippen LogP contribution in [0.15, 0.2) is 29.2 Å². The van der Waals surface area contributed by atoms with Crippen LogP contribution in [-0.2, 0) is 7.05 Å². The lowest BCUT2D eigenvalue weighted by Crippen LogP contribution is -2.11. The van der Waals surface area contributed by atoms with Crippen molar-refractivity contribution >= 4 is 10.9 Å². The SMILES string of the molecule is COc1ccc2c(c1)c(=O)c(C#N)cn2C. The van der Waals surface area contributed by atoms with E-state index in [0.29, 0.717) is 11.1 Å². The van der Waals surface area contributed by atoms with Crippen molar-refractivity contribution in [2.24, 2.45) is 7.05 Å². The summed E-state index contributed by atoms with van der Waals surface area (Å²) < 4.78 is 6.82. The molecule has 0 saturated heterocycles. The van der Waals surface area contributed by atoms with Crippen molar-refractivity contribution < 1.29 is 4.74 Å². The largest absolute Gasteiger partial charge is 0.497 e. The van der Waals surface area contributed by atoms with Gasteiger partial charge in [0, 0.05) is 13.2 Å². The Balaban J connectivity index is 2.93. The second kappa shape index (κ2) is 3.70. The number of rotatable bonds is 1. The number of methoxy groups -OCH3 is 1. The molecule has 0 atom stereocenters. The summed E-state index contributed by atoms with van der Waals surface area (Å²) >= 11 is 0. The predicted molar refractivity (Wildman–Crippen MR) is 60.5 cm³/mol. The molecule has 4 heteroatoms. The average molecular weight is 214 g/mol. The Labute approximate surface area is 92.3 Å². The Morgan fingerprint density at radius 2 is 2.19 bits per heavy atom. The van der Waals surface area contributed by atoms with Crippen molar-refractivity contribution in [3.05, 3.63) is 40.2 Å². The van der Waals surface area contributed by atoms with Gasteiger partial charge in [-0.2, -0.15) is 5.26 Å². The molecule has 0 unspecified atom stereocenters. The van der Waals surface area contributed by atoms with Crippen LogP contribution in [0.5, 0.6) is 5.75 Å². The minimum Gasteiger partial charge on any atom is -0.497 e. The van der Waals surface area contributed by atoms with Crippen LogP contribution >= 0.6 is 0 Å². The zero-order chi connectivity index (χ0) is 11.7. The van der Waals surface area contributed by atoms with E-state index in [1.54, 1.807) is 36.9 Å². The van der Waals surface area contributed by atoms with Crippen LogP contribution in [0.3, 0.4) is 0 Å². The Bertz CT molecular complexity index is 650. The summed E-state index contributed by atoms with van der Waals surface area (Å²) in [4.78, 5) is 11.9. The third-order valence-corrected chi connectivity index (χ3v) is 2.52. The number of fused-ring (bicyclic) bond motifs is 1. The molecule has 0 spiro atoms. The van der Waals surface area contributed by atoms with Gasteiger partial charge >= 0.3 is 0 Å². The highest BCUT2D eigenvalue weighted by Gasteiger charge is 2.07. The molecule has 0 aliphatic carbocycles. The molecule has 1 heterocycles. The first-order valence-corrected chi connectivity index (χ1v) is 4.75. The topological polar surface area (TPSA) is 55.0 Å². The fourth-order valence-electron chi connectivity index (χ4n) is 1.68. The second-order valence-electron chi connectivity index (χ2n) is 3.48. The molecule has 0 amide bonds. The standard InChI is InChI=1S/C12H10N2O2/c1-14-7-8(6-13)12(15)10-5-9(16-2)3-4-11(10)14/h3-5,7H,1-2H3. The normalized spacial score (nSPS) is 10.1. The van der Waals surface area contributed by atoms with E-state index < -0.39 is 0 Å². The molecule has 2 rings (SSSR count). The fourth-order valence-corrected chi connectivity index (χ4v) is 1.68. The molecule has 0 radical (unpaired) electrons. The van der Waals surface area contributed by atoms with Crippen LogP contribution in [0.4, 0.5) is 0 Å². The van der Waals surface area contributed by atoms with Gasteiger partial charge in [-0.25, -0.2) is 0 Å². The van der Waals surface area contributed by atoms with E-state index >= 15 is 0 Å². The van der Waals surface area contributed by atoms with Gasteiger partial charge in [-0.3, -0.25) is 4.79 Å². The number of nitrogens with zero attached hydrogens (tertiary/aromatic N) is 2. The quantitative estimate of drug-likeness (QED) is 0.721. The van der Waals surface area contributed by atoms with Crippen molar-refractivity contribution in [1.82, 2.24) is 4.57 Å². The van der Waals surface area contributed by atoms with Gasteiger partial charge in [0.15, 0.2) is 0 Å². The Hall–Kier alpha value is -2.28. The van der Waals surface area contributed by atoms with Gasteiger partial charge in [0.1, 0.15) is 17.4 Å². The van der Waals surface area contributed by atoms with Crippen LogP contribution in [-0.4, -0.2) is 11.7 Å². The molecular weight excluding hydrogens is 204 g/mol. The lowest BCUT2D eigenvalue weighted by atomic mass is 10.1. The molecule has 0 saturated carbocycles. The van der Waals surface area contributed by atoms with Gasteiger partial charge in [0.05, 0.1) is 18.0 Å². The first kappa shape index (κ1) is 10.2. The number of pyridine rings is 1. The molecule has 0 N–H and O–H groups in total. The summed E-state index contributed by atoms with van der Waals surface area (Å²) in [6.07, 6.45) is 1.54. The highest BCUT2D eigenvalue weighted by molar-refractivity contribution is 5.81. The predicted octanol–water partition coefficient (Wildman–Crippen LogP) is 1.42. The molecule has 0 fully saturated rings. The highest BCUT2D eigenvalue weighted by Crippen LogP contribution is 2.17. The number of hydrogen-bond acceptors (Lipinski definition) is 3. The van der Waals surface area contributed by atoms with Crippen LogP contribution < -0.4 is 10.2 Å². The summed E-state index contributed by atoms with van der Waals surface area (Å²) in [5, 5.41) is 9.34. The van der Waals surface area contributed by atoms with E-state index in [1.165, 1.54) is 6.20 Å². The smallest absolute Gasteiger partial charge is 0.207 e. The summed E-state index contributed by atoms with van der Waals surface area (Å²) in [5.74, 6) is 0.611. The summed E-state index contributed by atoms with van der Waals surface area (Å²) in [6.45, 7) is 0. The van der Waals surface area contributed by atoms with Crippen molar-refractivity contribution in [3.8, 4) is 11.8 Å². The Morgan fingerprint density at radius 1 is 1.44 bits per heavy atom. The van der Waals surface area contributed by atoms with E-state index in [2.05, 4.69) is 0 Å². The molecule has 0 aliphatic heterocycles. The monoisotopic (exact) mass is 214 g/mol. The maximum absolute atomic E-state index is 11.9. The lowest BCUT2D eigenvalue weighted by Gasteiger charge is -2.07. The van der Waals surface area contributed by atoms with E-state index in [9.17, 15) is 4.79 Å². The summed E-state index contributed by atoms with van der Waals surface area (Å²) in [6, 6.07) is 7.13. The Kier molecular flexibility index (Phi) is 2.37. The highest BCUT2D eigenvalue weighted by atomic mass is 16.5. The van der Waals surface area contributed by atoms with E-state index in [1.807, 2.05) is 6.07 Å². The molecule has 80 valence electrons. The minimum atomic E-state index is -0.255. The van der Waals surface area contributed by atoms with Gasteiger partial charge < -0.3 is 9.30 Å². The van der Waals surface area contributed by atoms with Gasteiger partial charge in [-0.15, -0.1) is 0 Å². The van der Waals surface area contributed by atoms with Crippen LogP contribution in [0.25, 0.3) is 10.9 Å². The van der Waals surface area contributed by atoms with Crippen LogP contribution in [0, 0.1) is 11.3 Å². The molecule has 1 aromatic heterocycles. The van der Waals surface area contributed by atoms with Crippen molar-refractivity contribution in [2.45, 2.75) is 0 Å². The average Bonchev–Trinajstić information content (AvgIpc) is 2.33. The minimum absolute atomic E-state index is 0.142. The zero-order valence-corrected chi connectivity index (χ0v) is 9.02. The maximum Gasteiger partial charge on any atom is 0.207 e. The zero-order valence-electron chi connectivity index (χ0n) is 9.02. The third-order valence-electron chi connectivity index (χ3n) is 2.52. The summed E-state index contributed by atoms with van der Waals surface area (Å²) in [7, 11) is 3.34. The van der Waals surface area contributed by atoms with Crippen molar-refractivity contribution in [2.75, 3.05) is 7.11 Å². The number of hydrogen-bond donors (Lipinski definition) is 0. The van der Waals surface area contributed by atoms with E-state index in [-0.39, 0.29) is 11.0 Å². The molecular formula is C12H10N2O2. The van der Waals surface area contributed by atoms with Gasteiger partial charge in [0.25, 0.3) is 0 Å². The number of nitriles is 1. The molecule has 0 aliphatic rings. The molecule has 1 aromatic carbocycles. The van der Waals surface area contributed by atoms with Crippen molar-refractivity contribution in [1.29, 1.82) is 5.26 Å². The number of aromatic nitrogens is 1. The molecule has 16 heavy (non-hydrogen) atoms. The van der Waals surface area contributed by atoms with Crippen molar-refractivity contribution in [3.63, 3.8) is 0 Å². The molecule has 0 bridgehead atoms. The number of benzene rings is 1. The van der Waals surface area contributed by atoms with Gasteiger partial charge in [-0.1, -0.05) is 0 Å². The van der Waals surface area contributed by atoms with E-state index in [0.717, 1.165) is 5.52 Å². The van der Waals surface area contributed by atoms with Gasteiger partial charge in [-0.05, 0) is 18.2 Å². The van der Waals surface area contributed by atoms with E-state index in [4.69, 9.17) is 10.00 Å². The fraction of sp³-hybridized carbons (Fsp3) is 0.167. The Morgan fingerprint density at radius 3 is 2.81 bits per heavy atom. The van der Waals surface area contributed by atoms with Crippen LogP contribution in [0.1, 0.15) is 5.56 Å². The first-order chi connectivity index (χ1) is 7.67.